The van der Waals surface area contributed by atoms with Crippen LogP contribution >= 0.6 is 0 Å². The third-order valence-electron chi connectivity index (χ3n) is 1.68. The van der Waals surface area contributed by atoms with Crippen LogP contribution < -0.4 is 0 Å². The van der Waals surface area contributed by atoms with E-state index in [4.69, 9.17) is 8.37 Å². The predicted octanol–water partition coefficient (Wildman–Crippen LogP) is 1.35. The molecule has 0 spiro atoms. The average Bonchev–Trinajstić information content (AvgIpc) is 2.54. The molecular weight excluding hydrogens is 176 g/mol. The lowest BCUT2D eigenvalue weighted by Crippen LogP contribution is -1.98. The smallest absolute Gasteiger partial charge is 0.265 e. The van der Waals surface area contributed by atoms with Crippen molar-refractivity contribution in [3.05, 3.63) is 35.9 Å². The van der Waals surface area contributed by atoms with Gasteiger partial charge in [-0.25, -0.2) is 0 Å². The minimum absolute atomic E-state index is 0.174. The molecule has 1 aliphatic heterocycles. The Balaban J connectivity index is 2.16. The van der Waals surface area contributed by atoms with E-state index in [1.54, 1.807) is 0 Å². The SMILES string of the molecule is O=[S@@]1OC[C@H](c2ccccc2)O1. The Bertz CT molecular complexity index is 286. The first kappa shape index (κ1) is 7.91. The molecule has 1 aromatic carbocycles. The van der Waals surface area contributed by atoms with Crippen LogP contribution in [0.25, 0.3) is 0 Å². The lowest BCUT2D eigenvalue weighted by atomic mass is 10.1. The first-order valence-electron chi connectivity index (χ1n) is 3.63. The van der Waals surface area contributed by atoms with Crippen molar-refractivity contribution < 1.29 is 12.6 Å². The molecule has 1 fully saturated rings. The summed E-state index contributed by atoms with van der Waals surface area (Å²) >= 11 is -1.55. The largest absolute Gasteiger partial charge is 0.305 e. The third kappa shape index (κ3) is 1.55. The van der Waals surface area contributed by atoms with Crippen LogP contribution in [-0.4, -0.2) is 10.8 Å². The standard InChI is InChI=1S/C8H8O3S/c9-12-10-6-8(11-12)7-4-2-1-3-5-7/h1-5,8H,6H2/t8-,12-/m1/s1. The summed E-state index contributed by atoms with van der Waals surface area (Å²) in [6, 6.07) is 9.61. The van der Waals surface area contributed by atoms with Crippen molar-refractivity contribution in [2.45, 2.75) is 6.10 Å². The molecule has 2 atom stereocenters. The molecule has 1 aromatic rings. The normalized spacial score (nSPS) is 29.0. The van der Waals surface area contributed by atoms with Crippen molar-refractivity contribution in [1.82, 2.24) is 0 Å². The van der Waals surface area contributed by atoms with Crippen LogP contribution in [0.4, 0.5) is 0 Å². The second kappa shape index (κ2) is 3.35. The molecule has 1 saturated heterocycles. The number of hydrogen-bond acceptors (Lipinski definition) is 3. The van der Waals surface area contributed by atoms with Crippen molar-refractivity contribution in [3.8, 4) is 0 Å². The fourth-order valence-corrected chi connectivity index (χ4v) is 1.73. The predicted molar refractivity (Wildman–Crippen MR) is 44.4 cm³/mol. The van der Waals surface area contributed by atoms with E-state index in [0.717, 1.165) is 5.56 Å². The number of hydrogen-bond donors (Lipinski definition) is 0. The van der Waals surface area contributed by atoms with Crippen LogP contribution in [0.5, 0.6) is 0 Å². The van der Waals surface area contributed by atoms with Crippen molar-refractivity contribution >= 4 is 11.4 Å². The molecular formula is C8H8O3S. The molecule has 0 aliphatic carbocycles. The monoisotopic (exact) mass is 184 g/mol. The van der Waals surface area contributed by atoms with Gasteiger partial charge >= 0.3 is 11.4 Å². The second-order valence-electron chi connectivity index (χ2n) is 2.48. The molecule has 0 unspecified atom stereocenters. The minimum atomic E-state index is -1.55. The molecule has 4 heteroatoms. The van der Waals surface area contributed by atoms with Gasteiger partial charge in [-0.15, -0.1) is 0 Å². The van der Waals surface area contributed by atoms with Gasteiger partial charge in [0.25, 0.3) is 0 Å². The third-order valence-corrected chi connectivity index (χ3v) is 2.40. The molecule has 0 aromatic heterocycles. The molecule has 0 N–H and O–H groups in total. The topological polar surface area (TPSA) is 35.5 Å². The zero-order valence-corrected chi connectivity index (χ0v) is 7.12. The van der Waals surface area contributed by atoms with E-state index in [2.05, 4.69) is 0 Å². The molecule has 3 nitrogen and oxygen atoms in total. The Morgan fingerprint density at radius 2 is 2.08 bits per heavy atom. The maximum absolute atomic E-state index is 10.7. The summed E-state index contributed by atoms with van der Waals surface area (Å²) in [4.78, 5) is 0. The van der Waals surface area contributed by atoms with Crippen LogP contribution in [0.1, 0.15) is 11.7 Å². The lowest BCUT2D eigenvalue weighted by molar-refractivity contribution is 0.246. The Morgan fingerprint density at radius 3 is 2.67 bits per heavy atom. The molecule has 0 bridgehead atoms. The van der Waals surface area contributed by atoms with E-state index in [0.29, 0.717) is 6.61 Å². The first-order valence-corrected chi connectivity index (χ1v) is 4.63. The van der Waals surface area contributed by atoms with E-state index >= 15 is 0 Å². The summed E-state index contributed by atoms with van der Waals surface area (Å²) in [7, 11) is 0. The summed E-state index contributed by atoms with van der Waals surface area (Å²) in [5.41, 5.74) is 1.00. The Kier molecular flexibility index (Phi) is 2.21. The van der Waals surface area contributed by atoms with Crippen molar-refractivity contribution in [2.24, 2.45) is 0 Å². The average molecular weight is 184 g/mol. The Morgan fingerprint density at radius 1 is 1.33 bits per heavy atom. The van der Waals surface area contributed by atoms with Gasteiger partial charge in [-0.1, -0.05) is 30.3 Å². The van der Waals surface area contributed by atoms with Crippen LogP contribution in [0.2, 0.25) is 0 Å². The Hall–Kier alpha value is -0.710. The highest BCUT2D eigenvalue weighted by Crippen LogP contribution is 2.24. The number of benzene rings is 1. The lowest BCUT2D eigenvalue weighted by Gasteiger charge is -2.03. The van der Waals surface area contributed by atoms with Gasteiger partial charge in [-0.3, -0.25) is 8.37 Å². The van der Waals surface area contributed by atoms with E-state index in [9.17, 15) is 4.21 Å². The number of rotatable bonds is 1. The van der Waals surface area contributed by atoms with Gasteiger partial charge < -0.3 is 0 Å². The molecule has 1 aliphatic rings. The van der Waals surface area contributed by atoms with Gasteiger partial charge in [0.15, 0.2) is 0 Å². The second-order valence-corrected chi connectivity index (χ2v) is 3.32. The van der Waals surface area contributed by atoms with Gasteiger partial charge in [0.2, 0.25) is 0 Å². The maximum Gasteiger partial charge on any atom is 0.305 e. The van der Waals surface area contributed by atoms with E-state index in [1.165, 1.54) is 0 Å². The van der Waals surface area contributed by atoms with Gasteiger partial charge in [0.1, 0.15) is 6.10 Å². The molecule has 0 amide bonds. The minimum Gasteiger partial charge on any atom is -0.265 e. The van der Waals surface area contributed by atoms with Crippen LogP contribution in [0.15, 0.2) is 30.3 Å². The molecule has 2 rings (SSSR count). The summed E-state index contributed by atoms with van der Waals surface area (Å²) in [6.45, 7) is 0.372. The van der Waals surface area contributed by atoms with E-state index in [-0.39, 0.29) is 6.10 Å². The molecule has 1 heterocycles. The molecule has 64 valence electrons. The molecule has 12 heavy (non-hydrogen) atoms. The summed E-state index contributed by atoms with van der Waals surface area (Å²) in [5.74, 6) is 0. The Labute approximate surface area is 73.2 Å². The van der Waals surface area contributed by atoms with Crippen molar-refractivity contribution in [1.29, 1.82) is 0 Å². The van der Waals surface area contributed by atoms with Crippen LogP contribution in [-0.2, 0) is 19.7 Å². The zero-order valence-electron chi connectivity index (χ0n) is 6.30. The summed E-state index contributed by atoms with van der Waals surface area (Å²) < 4.78 is 20.5. The zero-order chi connectivity index (χ0) is 8.39. The highest BCUT2D eigenvalue weighted by molar-refractivity contribution is 7.75. The van der Waals surface area contributed by atoms with Crippen LogP contribution in [0, 0.1) is 0 Å². The maximum atomic E-state index is 10.7. The molecule has 0 radical (unpaired) electrons. The van der Waals surface area contributed by atoms with E-state index < -0.39 is 11.4 Å². The highest BCUT2D eigenvalue weighted by atomic mass is 32.2. The van der Waals surface area contributed by atoms with Crippen LogP contribution in [0.3, 0.4) is 0 Å². The summed E-state index contributed by atoms with van der Waals surface area (Å²) in [6.07, 6.45) is -0.174. The van der Waals surface area contributed by atoms with Gasteiger partial charge in [0, 0.05) is 0 Å². The van der Waals surface area contributed by atoms with Gasteiger partial charge in [-0.05, 0) is 5.56 Å². The fraction of sp³-hybridized carbons (Fsp3) is 0.250. The fourth-order valence-electron chi connectivity index (χ4n) is 1.09. The first-order chi connectivity index (χ1) is 5.86. The molecule has 0 saturated carbocycles. The summed E-state index contributed by atoms with van der Waals surface area (Å²) in [5, 5.41) is 0. The van der Waals surface area contributed by atoms with Crippen molar-refractivity contribution in [3.63, 3.8) is 0 Å². The quantitative estimate of drug-likeness (QED) is 0.661. The van der Waals surface area contributed by atoms with Gasteiger partial charge in [0.05, 0.1) is 6.61 Å². The highest BCUT2D eigenvalue weighted by Gasteiger charge is 2.24. The van der Waals surface area contributed by atoms with Gasteiger partial charge in [-0.2, -0.15) is 4.21 Å². The van der Waals surface area contributed by atoms with Crippen molar-refractivity contribution in [2.75, 3.05) is 6.61 Å². The van der Waals surface area contributed by atoms with E-state index in [1.807, 2.05) is 30.3 Å².